The van der Waals surface area contributed by atoms with Crippen LogP contribution in [0.25, 0.3) is 0 Å². The lowest BCUT2D eigenvalue weighted by Gasteiger charge is -2.36. The molecule has 0 aromatic carbocycles. The molecule has 0 atom stereocenters. The number of thiophene rings is 1. The van der Waals surface area contributed by atoms with Crippen LogP contribution in [-0.2, 0) is 10.0 Å². The van der Waals surface area contributed by atoms with Gasteiger partial charge in [0, 0.05) is 4.88 Å². The van der Waals surface area contributed by atoms with Crippen LogP contribution >= 0.6 is 11.3 Å². The number of aryl methyl sites for hydroxylation is 1. The lowest BCUT2D eigenvalue weighted by atomic mass is 9.82. The molecule has 1 heterocycles. The minimum absolute atomic E-state index is 0.0611. The van der Waals surface area contributed by atoms with Crippen LogP contribution in [0.15, 0.2) is 21.5 Å². The summed E-state index contributed by atoms with van der Waals surface area (Å²) in [6.45, 7) is 1.85. The molecule has 8 heteroatoms. The molecule has 0 amide bonds. The fraction of sp³-hybridized carbons (Fsp3) is 0.583. The van der Waals surface area contributed by atoms with Crippen LogP contribution in [0.4, 0.5) is 0 Å². The average molecular weight is 317 g/mol. The Balaban J connectivity index is 2.32. The van der Waals surface area contributed by atoms with Gasteiger partial charge < -0.3 is 10.9 Å². The normalized spacial score (nSPS) is 19.9. The summed E-state index contributed by atoms with van der Waals surface area (Å²) in [7, 11) is -3.66. The van der Waals surface area contributed by atoms with Gasteiger partial charge in [-0.25, -0.2) is 8.42 Å². The van der Waals surface area contributed by atoms with E-state index in [4.69, 9.17) is 10.9 Å². The maximum Gasteiger partial charge on any atom is 0.250 e. The van der Waals surface area contributed by atoms with Crippen molar-refractivity contribution >= 4 is 27.2 Å². The van der Waals surface area contributed by atoms with Crippen molar-refractivity contribution in [3.8, 4) is 0 Å². The van der Waals surface area contributed by atoms with Crippen LogP contribution in [-0.4, -0.2) is 25.0 Å². The van der Waals surface area contributed by atoms with Crippen LogP contribution in [0, 0.1) is 6.92 Å². The third kappa shape index (κ3) is 2.97. The maximum absolute atomic E-state index is 12.4. The van der Waals surface area contributed by atoms with E-state index in [1.165, 1.54) is 11.3 Å². The zero-order chi connectivity index (χ0) is 14.8. The van der Waals surface area contributed by atoms with E-state index in [0.29, 0.717) is 12.8 Å². The van der Waals surface area contributed by atoms with E-state index in [-0.39, 0.29) is 10.0 Å². The monoisotopic (exact) mass is 317 g/mol. The number of sulfonamides is 1. The highest BCUT2D eigenvalue weighted by molar-refractivity contribution is 7.91. The molecule has 1 fully saturated rings. The Morgan fingerprint density at radius 2 is 2.05 bits per heavy atom. The second-order valence-electron chi connectivity index (χ2n) is 5.10. The van der Waals surface area contributed by atoms with Gasteiger partial charge in [-0.2, -0.15) is 4.72 Å². The van der Waals surface area contributed by atoms with Crippen LogP contribution < -0.4 is 10.5 Å². The Morgan fingerprint density at radius 1 is 1.40 bits per heavy atom. The highest BCUT2D eigenvalue weighted by Gasteiger charge is 2.40. The van der Waals surface area contributed by atoms with E-state index in [9.17, 15) is 8.42 Å². The first-order valence-electron chi connectivity index (χ1n) is 6.48. The molecule has 0 saturated heterocycles. The molecule has 0 radical (unpaired) electrons. The van der Waals surface area contributed by atoms with Crippen molar-refractivity contribution in [1.29, 1.82) is 0 Å². The summed E-state index contributed by atoms with van der Waals surface area (Å²) in [5.41, 5.74) is 4.78. The number of nitrogens with two attached hydrogens (primary N) is 1. The molecule has 0 bridgehead atoms. The SMILES string of the molecule is Cc1ccc(S(=O)(=O)NC2(/C(N)=N/O)CCCCC2)s1. The zero-order valence-corrected chi connectivity index (χ0v) is 12.9. The lowest BCUT2D eigenvalue weighted by molar-refractivity contribution is 0.294. The summed E-state index contributed by atoms with van der Waals surface area (Å²) >= 11 is 1.21. The van der Waals surface area contributed by atoms with Gasteiger partial charge in [-0.3, -0.25) is 0 Å². The van der Waals surface area contributed by atoms with Gasteiger partial charge >= 0.3 is 0 Å². The standard InChI is InChI=1S/C12H19N3O3S2/c1-9-5-6-10(19-9)20(17,18)15-12(11(13)14-16)7-3-2-4-8-12/h5-6,15-16H,2-4,7-8H2,1H3,(H2,13,14). The quantitative estimate of drug-likeness (QED) is 0.341. The molecule has 1 saturated carbocycles. The summed E-state index contributed by atoms with van der Waals surface area (Å²) in [6.07, 6.45) is 3.82. The molecule has 0 aliphatic heterocycles. The Bertz CT molecular complexity index is 601. The van der Waals surface area contributed by atoms with Crippen LogP contribution in [0.1, 0.15) is 37.0 Å². The summed E-state index contributed by atoms with van der Waals surface area (Å²) in [5.74, 6) is -0.0611. The van der Waals surface area contributed by atoms with Gasteiger partial charge in [-0.1, -0.05) is 24.4 Å². The minimum Gasteiger partial charge on any atom is -0.409 e. The third-order valence-electron chi connectivity index (χ3n) is 3.62. The number of nitrogens with one attached hydrogen (secondary N) is 1. The molecule has 2 rings (SSSR count). The molecular weight excluding hydrogens is 298 g/mol. The maximum atomic E-state index is 12.4. The number of oxime groups is 1. The van der Waals surface area contributed by atoms with E-state index >= 15 is 0 Å². The third-order valence-corrected chi connectivity index (χ3v) is 6.64. The molecule has 20 heavy (non-hydrogen) atoms. The second kappa shape index (κ2) is 5.71. The average Bonchev–Trinajstić information content (AvgIpc) is 2.86. The Morgan fingerprint density at radius 3 is 2.55 bits per heavy atom. The molecule has 0 spiro atoms. The van der Waals surface area contributed by atoms with Crippen LogP contribution in [0.3, 0.4) is 0 Å². The Hall–Kier alpha value is -1.12. The van der Waals surface area contributed by atoms with Crippen molar-refractivity contribution in [2.24, 2.45) is 10.9 Å². The van der Waals surface area contributed by atoms with Gasteiger partial charge in [0.1, 0.15) is 4.21 Å². The van der Waals surface area contributed by atoms with E-state index in [2.05, 4.69) is 9.88 Å². The second-order valence-corrected chi connectivity index (χ2v) is 8.30. The van der Waals surface area contributed by atoms with Gasteiger partial charge in [-0.05, 0) is 31.9 Å². The van der Waals surface area contributed by atoms with Crippen molar-refractivity contribution in [3.63, 3.8) is 0 Å². The summed E-state index contributed by atoms with van der Waals surface area (Å²) in [6, 6.07) is 3.33. The minimum atomic E-state index is -3.66. The fourth-order valence-corrected chi connectivity index (χ4v) is 5.24. The highest BCUT2D eigenvalue weighted by atomic mass is 32.2. The van der Waals surface area contributed by atoms with Crippen LogP contribution in [0.2, 0.25) is 0 Å². The fourth-order valence-electron chi connectivity index (χ4n) is 2.53. The molecular formula is C12H19N3O3S2. The molecule has 1 aromatic heterocycles. The first-order chi connectivity index (χ1) is 9.39. The summed E-state index contributed by atoms with van der Waals surface area (Å²) < 4.78 is 27.8. The Kier molecular flexibility index (Phi) is 4.36. The van der Waals surface area contributed by atoms with Gasteiger partial charge in [0.15, 0.2) is 5.84 Å². The molecule has 6 nitrogen and oxygen atoms in total. The predicted molar refractivity (Wildman–Crippen MR) is 78.6 cm³/mol. The van der Waals surface area contributed by atoms with Gasteiger partial charge in [0.25, 0.3) is 10.0 Å². The van der Waals surface area contributed by atoms with Crippen molar-refractivity contribution in [2.75, 3.05) is 0 Å². The van der Waals surface area contributed by atoms with E-state index in [1.54, 1.807) is 12.1 Å². The summed E-state index contributed by atoms with van der Waals surface area (Å²) in [4.78, 5) is 0.923. The lowest BCUT2D eigenvalue weighted by Crippen LogP contribution is -2.58. The predicted octanol–water partition coefficient (Wildman–Crippen LogP) is 1.78. The van der Waals surface area contributed by atoms with E-state index < -0.39 is 15.6 Å². The molecule has 1 aliphatic rings. The smallest absolute Gasteiger partial charge is 0.250 e. The number of amidine groups is 1. The topological polar surface area (TPSA) is 105 Å². The van der Waals surface area contributed by atoms with E-state index in [0.717, 1.165) is 24.1 Å². The molecule has 1 aliphatic carbocycles. The number of nitrogens with zero attached hydrogens (tertiary/aromatic N) is 1. The number of rotatable bonds is 4. The van der Waals surface area contributed by atoms with Gasteiger partial charge in [0.2, 0.25) is 0 Å². The number of hydrogen-bond donors (Lipinski definition) is 3. The highest BCUT2D eigenvalue weighted by Crippen LogP contribution is 2.31. The zero-order valence-electron chi connectivity index (χ0n) is 11.3. The largest absolute Gasteiger partial charge is 0.409 e. The Labute approximate surface area is 122 Å². The van der Waals surface area contributed by atoms with E-state index in [1.807, 2.05) is 6.92 Å². The molecule has 0 unspecified atom stereocenters. The molecule has 4 N–H and O–H groups in total. The van der Waals surface area contributed by atoms with Gasteiger partial charge in [-0.15, -0.1) is 11.3 Å². The summed E-state index contributed by atoms with van der Waals surface area (Å²) in [5, 5.41) is 12.0. The molecule has 112 valence electrons. The molecule has 1 aromatic rings. The van der Waals surface area contributed by atoms with Gasteiger partial charge in [0.05, 0.1) is 5.54 Å². The van der Waals surface area contributed by atoms with Crippen molar-refractivity contribution in [3.05, 3.63) is 17.0 Å². The van der Waals surface area contributed by atoms with Crippen molar-refractivity contribution in [1.82, 2.24) is 4.72 Å². The van der Waals surface area contributed by atoms with Crippen molar-refractivity contribution < 1.29 is 13.6 Å². The first-order valence-corrected chi connectivity index (χ1v) is 8.78. The first kappa shape index (κ1) is 15.3. The van der Waals surface area contributed by atoms with Crippen LogP contribution in [0.5, 0.6) is 0 Å². The van der Waals surface area contributed by atoms with Crippen molar-refractivity contribution in [2.45, 2.75) is 48.8 Å². The number of hydrogen-bond acceptors (Lipinski definition) is 5.